The van der Waals surface area contributed by atoms with Crippen molar-refractivity contribution in [2.45, 2.75) is 6.92 Å². The number of nitrogens with zero attached hydrogens (tertiary/aromatic N) is 4. The minimum atomic E-state index is -0.510. The number of aryl methyl sites for hydroxylation is 2. The van der Waals surface area contributed by atoms with Gasteiger partial charge in [0, 0.05) is 32.8 Å². The van der Waals surface area contributed by atoms with Gasteiger partial charge in [0.25, 0.3) is 11.5 Å². The Balaban J connectivity index is 1.73. The first-order valence-electron chi connectivity index (χ1n) is 8.10. The fraction of sp³-hybridized carbons (Fsp3) is 0.167. The molecule has 0 saturated carbocycles. The maximum Gasteiger partial charge on any atom is 0.332 e. The van der Waals surface area contributed by atoms with Crippen molar-refractivity contribution in [3.63, 3.8) is 0 Å². The van der Waals surface area contributed by atoms with Gasteiger partial charge in [-0.1, -0.05) is 0 Å². The Morgan fingerprint density at radius 1 is 1.07 bits per heavy atom. The van der Waals surface area contributed by atoms with Crippen molar-refractivity contribution in [2.24, 2.45) is 14.1 Å². The highest BCUT2D eigenvalue weighted by molar-refractivity contribution is 6.04. The van der Waals surface area contributed by atoms with Gasteiger partial charge in [-0.2, -0.15) is 0 Å². The summed E-state index contributed by atoms with van der Waals surface area (Å²) in [7, 11) is 2.89. The largest absolute Gasteiger partial charge is 0.441 e. The minimum absolute atomic E-state index is 0.0830. The van der Waals surface area contributed by atoms with E-state index >= 15 is 0 Å². The van der Waals surface area contributed by atoms with Crippen molar-refractivity contribution in [1.29, 1.82) is 0 Å². The molecule has 1 amide bonds. The summed E-state index contributed by atoms with van der Waals surface area (Å²) in [5, 5.41) is 2.98. The van der Waals surface area contributed by atoms with Crippen LogP contribution in [0, 0.1) is 6.92 Å². The molecular weight excluding hydrogens is 350 g/mol. The summed E-state index contributed by atoms with van der Waals surface area (Å²) in [4.78, 5) is 45.2. The molecule has 0 atom stereocenters. The number of aromatic nitrogens is 4. The quantitative estimate of drug-likeness (QED) is 0.574. The Morgan fingerprint density at radius 2 is 1.85 bits per heavy atom. The van der Waals surface area contributed by atoms with E-state index in [1.54, 1.807) is 25.1 Å². The summed E-state index contributed by atoms with van der Waals surface area (Å²) in [5.41, 5.74) is 1.03. The molecule has 0 radical (unpaired) electrons. The summed E-state index contributed by atoms with van der Waals surface area (Å²) in [6.45, 7) is 1.74. The van der Waals surface area contributed by atoms with Crippen LogP contribution in [0.15, 0.2) is 44.3 Å². The van der Waals surface area contributed by atoms with Crippen molar-refractivity contribution >= 4 is 33.7 Å². The smallest absolute Gasteiger partial charge is 0.332 e. The second kappa shape index (κ2) is 5.90. The normalized spacial score (nSPS) is 11.2. The molecule has 3 aromatic heterocycles. The second-order valence-corrected chi connectivity index (χ2v) is 6.14. The predicted octanol–water partition coefficient (Wildman–Crippen LogP) is 1.33. The standard InChI is InChI=1S/C18H15N5O4/c1-9-19-12-6-4-10(8-14(12)27-9)20-16(24)13-7-5-11-15(21-13)22(2)18(26)23(3)17(11)25/h4-8H,1-3H3,(H,20,24). The van der Waals surface area contributed by atoms with E-state index in [-0.39, 0.29) is 16.7 Å². The molecule has 0 aliphatic carbocycles. The fourth-order valence-electron chi connectivity index (χ4n) is 2.89. The van der Waals surface area contributed by atoms with E-state index in [1.165, 1.54) is 30.8 Å². The van der Waals surface area contributed by atoms with E-state index in [0.29, 0.717) is 22.7 Å². The van der Waals surface area contributed by atoms with Crippen LogP contribution >= 0.6 is 0 Å². The van der Waals surface area contributed by atoms with Crippen LogP contribution in [0.4, 0.5) is 5.69 Å². The summed E-state index contributed by atoms with van der Waals surface area (Å²) >= 11 is 0. The zero-order valence-electron chi connectivity index (χ0n) is 14.8. The summed E-state index contributed by atoms with van der Waals surface area (Å²) < 4.78 is 7.68. The molecule has 27 heavy (non-hydrogen) atoms. The molecule has 1 aromatic carbocycles. The van der Waals surface area contributed by atoms with Gasteiger partial charge < -0.3 is 9.73 Å². The average Bonchev–Trinajstić information content (AvgIpc) is 3.03. The lowest BCUT2D eigenvalue weighted by Gasteiger charge is -2.09. The van der Waals surface area contributed by atoms with Crippen LogP contribution < -0.4 is 16.6 Å². The molecule has 0 aliphatic rings. The predicted molar refractivity (Wildman–Crippen MR) is 98.9 cm³/mol. The molecule has 3 heterocycles. The molecule has 9 nitrogen and oxygen atoms in total. The number of amides is 1. The summed E-state index contributed by atoms with van der Waals surface area (Å²) in [6.07, 6.45) is 0. The van der Waals surface area contributed by atoms with E-state index in [9.17, 15) is 14.4 Å². The first kappa shape index (κ1) is 16.7. The lowest BCUT2D eigenvalue weighted by molar-refractivity contribution is 0.102. The van der Waals surface area contributed by atoms with Gasteiger partial charge in [0.05, 0.1) is 5.39 Å². The molecule has 4 aromatic rings. The molecule has 0 aliphatic heterocycles. The van der Waals surface area contributed by atoms with Gasteiger partial charge in [-0.05, 0) is 24.3 Å². The van der Waals surface area contributed by atoms with Crippen molar-refractivity contribution in [3.8, 4) is 0 Å². The van der Waals surface area contributed by atoms with Gasteiger partial charge in [-0.3, -0.25) is 18.7 Å². The zero-order valence-corrected chi connectivity index (χ0v) is 14.8. The molecule has 1 N–H and O–H groups in total. The average molecular weight is 365 g/mol. The highest BCUT2D eigenvalue weighted by Crippen LogP contribution is 2.20. The van der Waals surface area contributed by atoms with E-state index < -0.39 is 17.2 Å². The topological polar surface area (TPSA) is 112 Å². The van der Waals surface area contributed by atoms with Crippen LogP contribution in [0.5, 0.6) is 0 Å². The van der Waals surface area contributed by atoms with Crippen LogP contribution in [0.1, 0.15) is 16.4 Å². The first-order chi connectivity index (χ1) is 12.8. The zero-order chi connectivity index (χ0) is 19.3. The lowest BCUT2D eigenvalue weighted by Crippen LogP contribution is -2.37. The summed E-state index contributed by atoms with van der Waals surface area (Å²) in [6, 6.07) is 8.04. The molecule has 0 unspecified atom stereocenters. The Labute approximate surface area is 151 Å². The molecule has 136 valence electrons. The lowest BCUT2D eigenvalue weighted by atomic mass is 10.2. The number of oxazole rings is 1. The second-order valence-electron chi connectivity index (χ2n) is 6.14. The van der Waals surface area contributed by atoms with E-state index in [4.69, 9.17) is 4.42 Å². The molecule has 4 rings (SSSR count). The van der Waals surface area contributed by atoms with E-state index in [1.807, 2.05) is 0 Å². The van der Waals surface area contributed by atoms with E-state index in [0.717, 1.165) is 4.57 Å². The third-order valence-corrected chi connectivity index (χ3v) is 4.29. The van der Waals surface area contributed by atoms with Crippen LogP contribution in [-0.4, -0.2) is 25.0 Å². The van der Waals surface area contributed by atoms with Gasteiger partial charge in [0.15, 0.2) is 11.5 Å². The maximum absolute atomic E-state index is 12.6. The molecule has 0 saturated heterocycles. The van der Waals surface area contributed by atoms with Crippen LogP contribution in [0.3, 0.4) is 0 Å². The Kier molecular flexibility index (Phi) is 3.65. The van der Waals surface area contributed by atoms with Crippen molar-refractivity contribution < 1.29 is 9.21 Å². The number of pyridine rings is 1. The Bertz CT molecular complexity index is 1350. The third-order valence-electron chi connectivity index (χ3n) is 4.29. The summed E-state index contributed by atoms with van der Waals surface area (Å²) in [5.74, 6) is 0.0628. The number of benzene rings is 1. The number of anilines is 1. The van der Waals surface area contributed by atoms with Gasteiger partial charge in [-0.15, -0.1) is 0 Å². The maximum atomic E-state index is 12.6. The Hall–Kier alpha value is -3.75. The van der Waals surface area contributed by atoms with Crippen molar-refractivity contribution in [1.82, 2.24) is 19.1 Å². The highest BCUT2D eigenvalue weighted by Gasteiger charge is 2.14. The number of nitrogens with one attached hydrogen (secondary N) is 1. The minimum Gasteiger partial charge on any atom is -0.441 e. The molecule has 9 heteroatoms. The fourth-order valence-corrected chi connectivity index (χ4v) is 2.89. The number of fused-ring (bicyclic) bond motifs is 2. The van der Waals surface area contributed by atoms with E-state index in [2.05, 4.69) is 15.3 Å². The number of carbonyl (C=O) groups is 1. The van der Waals surface area contributed by atoms with Gasteiger partial charge in [0.2, 0.25) is 0 Å². The van der Waals surface area contributed by atoms with Crippen LogP contribution in [0.2, 0.25) is 0 Å². The van der Waals surface area contributed by atoms with Gasteiger partial charge in [0.1, 0.15) is 16.9 Å². The highest BCUT2D eigenvalue weighted by atomic mass is 16.3. The SMILES string of the molecule is Cc1nc2ccc(NC(=O)c3ccc4c(=O)n(C)c(=O)n(C)c4n3)cc2o1. The Morgan fingerprint density at radius 3 is 2.63 bits per heavy atom. The third kappa shape index (κ3) is 2.69. The molecule has 0 fully saturated rings. The molecule has 0 spiro atoms. The van der Waals surface area contributed by atoms with Gasteiger partial charge in [-0.25, -0.2) is 14.8 Å². The number of hydrogen-bond acceptors (Lipinski definition) is 6. The number of carbonyl (C=O) groups excluding carboxylic acids is 1. The first-order valence-corrected chi connectivity index (χ1v) is 8.10. The van der Waals surface area contributed by atoms with Crippen LogP contribution in [0.25, 0.3) is 22.1 Å². The number of rotatable bonds is 2. The molecular formula is C18H15N5O4. The molecule has 0 bridgehead atoms. The monoisotopic (exact) mass is 365 g/mol. The van der Waals surface area contributed by atoms with Crippen molar-refractivity contribution in [3.05, 3.63) is 62.8 Å². The van der Waals surface area contributed by atoms with Gasteiger partial charge >= 0.3 is 5.69 Å². The van der Waals surface area contributed by atoms with Crippen molar-refractivity contribution in [2.75, 3.05) is 5.32 Å². The number of hydrogen-bond donors (Lipinski definition) is 1. The van der Waals surface area contributed by atoms with Crippen LogP contribution in [-0.2, 0) is 14.1 Å².